The third-order valence-electron chi connectivity index (χ3n) is 1.95. The van der Waals surface area contributed by atoms with Crippen LogP contribution in [-0.2, 0) is 11.4 Å². The van der Waals surface area contributed by atoms with Gasteiger partial charge in [-0.15, -0.1) is 0 Å². The number of nitrogens with two attached hydrogens (primary N) is 1. The molecular formula is C10H11NO2. The van der Waals surface area contributed by atoms with Gasteiger partial charge in [-0.3, -0.25) is 4.84 Å². The maximum atomic E-state index is 5.48. The highest BCUT2D eigenvalue weighted by Gasteiger charge is 2.02. The van der Waals surface area contributed by atoms with Crippen LogP contribution in [0.2, 0.25) is 0 Å². The van der Waals surface area contributed by atoms with Gasteiger partial charge < -0.3 is 4.42 Å². The summed E-state index contributed by atoms with van der Waals surface area (Å²) in [6, 6.07) is 8.00. The highest BCUT2D eigenvalue weighted by atomic mass is 16.6. The van der Waals surface area contributed by atoms with Crippen molar-refractivity contribution >= 4 is 11.0 Å². The lowest BCUT2D eigenvalue weighted by Gasteiger charge is -1.90. The number of furan rings is 1. The van der Waals surface area contributed by atoms with Crippen molar-refractivity contribution in [1.82, 2.24) is 0 Å². The Kier molecular flexibility index (Phi) is 2.04. The monoisotopic (exact) mass is 177 g/mol. The molecule has 0 spiro atoms. The molecule has 0 saturated carbocycles. The molecular weight excluding hydrogens is 166 g/mol. The van der Waals surface area contributed by atoms with Crippen molar-refractivity contribution in [3.8, 4) is 0 Å². The Morgan fingerprint density at radius 3 is 3.00 bits per heavy atom. The zero-order chi connectivity index (χ0) is 9.26. The molecule has 13 heavy (non-hydrogen) atoms. The minimum absolute atomic E-state index is 0.313. The van der Waals surface area contributed by atoms with E-state index in [1.807, 2.05) is 31.2 Å². The summed E-state index contributed by atoms with van der Waals surface area (Å²) < 4.78 is 5.48. The molecule has 0 unspecified atom stereocenters. The molecule has 0 fully saturated rings. The quantitative estimate of drug-likeness (QED) is 0.715. The molecule has 1 heterocycles. The molecule has 0 aliphatic heterocycles. The van der Waals surface area contributed by atoms with Crippen molar-refractivity contribution in [1.29, 1.82) is 0 Å². The van der Waals surface area contributed by atoms with E-state index >= 15 is 0 Å². The third kappa shape index (κ3) is 1.56. The first-order valence-electron chi connectivity index (χ1n) is 4.10. The Morgan fingerprint density at radius 1 is 1.38 bits per heavy atom. The Hall–Kier alpha value is -1.32. The maximum absolute atomic E-state index is 5.48. The zero-order valence-corrected chi connectivity index (χ0v) is 7.41. The van der Waals surface area contributed by atoms with Crippen LogP contribution in [0.3, 0.4) is 0 Å². The van der Waals surface area contributed by atoms with Gasteiger partial charge in [0, 0.05) is 5.39 Å². The molecule has 0 amide bonds. The summed E-state index contributed by atoms with van der Waals surface area (Å²) in [5, 5.41) is 1.08. The van der Waals surface area contributed by atoms with Crippen molar-refractivity contribution < 1.29 is 9.25 Å². The SMILES string of the molecule is Cc1ccc2cc(CON)oc2c1. The predicted molar refractivity (Wildman–Crippen MR) is 49.9 cm³/mol. The lowest BCUT2D eigenvalue weighted by molar-refractivity contribution is 0.110. The first-order chi connectivity index (χ1) is 6.29. The lowest BCUT2D eigenvalue weighted by atomic mass is 10.2. The van der Waals surface area contributed by atoms with E-state index in [1.165, 1.54) is 5.56 Å². The molecule has 68 valence electrons. The van der Waals surface area contributed by atoms with Crippen LogP contribution in [0.5, 0.6) is 0 Å². The highest BCUT2D eigenvalue weighted by Crippen LogP contribution is 2.20. The molecule has 2 aromatic rings. The smallest absolute Gasteiger partial charge is 0.134 e. The molecule has 2 rings (SSSR count). The van der Waals surface area contributed by atoms with Crippen molar-refractivity contribution in [2.45, 2.75) is 13.5 Å². The van der Waals surface area contributed by atoms with Gasteiger partial charge in [-0.05, 0) is 24.6 Å². The van der Waals surface area contributed by atoms with Gasteiger partial charge in [-0.1, -0.05) is 12.1 Å². The summed E-state index contributed by atoms with van der Waals surface area (Å²) in [6.45, 7) is 2.34. The number of hydrogen-bond acceptors (Lipinski definition) is 3. The molecule has 0 radical (unpaired) electrons. The molecule has 1 aromatic carbocycles. The van der Waals surface area contributed by atoms with Gasteiger partial charge in [0.2, 0.25) is 0 Å². The molecule has 3 heteroatoms. The van der Waals surface area contributed by atoms with Crippen LogP contribution in [-0.4, -0.2) is 0 Å². The molecule has 0 aliphatic carbocycles. The van der Waals surface area contributed by atoms with E-state index < -0.39 is 0 Å². The van der Waals surface area contributed by atoms with Crippen LogP contribution in [0.25, 0.3) is 11.0 Å². The van der Waals surface area contributed by atoms with Gasteiger partial charge in [0.1, 0.15) is 18.0 Å². The summed E-state index contributed by atoms with van der Waals surface area (Å²) >= 11 is 0. The first-order valence-corrected chi connectivity index (χ1v) is 4.10. The van der Waals surface area contributed by atoms with Crippen LogP contribution < -0.4 is 5.90 Å². The van der Waals surface area contributed by atoms with Gasteiger partial charge in [0.05, 0.1) is 0 Å². The number of hydrogen-bond donors (Lipinski definition) is 1. The van der Waals surface area contributed by atoms with E-state index in [1.54, 1.807) is 0 Å². The molecule has 2 N–H and O–H groups in total. The Labute approximate surface area is 76.0 Å². The lowest BCUT2D eigenvalue weighted by Crippen LogP contribution is -1.96. The van der Waals surface area contributed by atoms with E-state index in [4.69, 9.17) is 10.3 Å². The van der Waals surface area contributed by atoms with Gasteiger partial charge in [0.25, 0.3) is 0 Å². The summed E-state index contributed by atoms with van der Waals surface area (Å²) in [6.07, 6.45) is 0. The molecule has 0 bridgehead atoms. The normalized spacial score (nSPS) is 10.9. The summed E-state index contributed by atoms with van der Waals surface area (Å²) in [7, 11) is 0. The maximum Gasteiger partial charge on any atom is 0.134 e. The van der Waals surface area contributed by atoms with Gasteiger partial charge in [0.15, 0.2) is 0 Å². The Morgan fingerprint density at radius 2 is 2.23 bits per heavy atom. The van der Waals surface area contributed by atoms with Crippen LogP contribution in [0, 0.1) is 6.92 Å². The minimum atomic E-state index is 0.313. The fourth-order valence-corrected chi connectivity index (χ4v) is 1.35. The van der Waals surface area contributed by atoms with E-state index in [0.717, 1.165) is 16.7 Å². The molecule has 0 saturated heterocycles. The molecule has 3 nitrogen and oxygen atoms in total. The summed E-state index contributed by atoms with van der Waals surface area (Å²) in [5.41, 5.74) is 2.06. The number of rotatable bonds is 2. The number of fused-ring (bicyclic) bond motifs is 1. The highest BCUT2D eigenvalue weighted by molar-refractivity contribution is 5.78. The van der Waals surface area contributed by atoms with Crippen LogP contribution in [0.15, 0.2) is 28.7 Å². The standard InChI is InChI=1S/C10H11NO2/c1-7-2-3-8-5-9(6-12-11)13-10(8)4-7/h2-5H,6,11H2,1H3. The average molecular weight is 177 g/mol. The van der Waals surface area contributed by atoms with E-state index in [-0.39, 0.29) is 0 Å². The first kappa shape index (κ1) is 8.29. The van der Waals surface area contributed by atoms with Crippen molar-refractivity contribution in [3.63, 3.8) is 0 Å². The molecule has 1 aromatic heterocycles. The van der Waals surface area contributed by atoms with E-state index in [0.29, 0.717) is 6.61 Å². The second kappa shape index (κ2) is 3.20. The average Bonchev–Trinajstić information content (AvgIpc) is 2.46. The van der Waals surface area contributed by atoms with Crippen LogP contribution in [0.1, 0.15) is 11.3 Å². The van der Waals surface area contributed by atoms with Crippen LogP contribution in [0.4, 0.5) is 0 Å². The number of benzene rings is 1. The fraction of sp³-hybridized carbons (Fsp3) is 0.200. The fourth-order valence-electron chi connectivity index (χ4n) is 1.35. The van der Waals surface area contributed by atoms with Gasteiger partial charge >= 0.3 is 0 Å². The summed E-state index contributed by atoms with van der Waals surface area (Å²) in [5.74, 6) is 5.71. The van der Waals surface area contributed by atoms with E-state index in [2.05, 4.69) is 4.84 Å². The Bertz CT molecular complexity index is 420. The van der Waals surface area contributed by atoms with Crippen molar-refractivity contribution in [2.24, 2.45) is 5.90 Å². The molecule has 0 atom stereocenters. The molecule has 0 aliphatic rings. The van der Waals surface area contributed by atoms with Crippen molar-refractivity contribution in [2.75, 3.05) is 0 Å². The van der Waals surface area contributed by atoms with Gasteiger partial charge in [-0.2, -0.15) is 0 Å². The zero-order valence-electron chi connectivity index (χ0n) is 7.41. The topological polar surface area (TPSA) is 48.4 Å². The van der Waals surface area contributed by atoms with Gasteiger partial charge in [-0.25, -0.2) is 5.90 Å². The largest absolute Gasteiger partial charge is 0.459 e. The number of aryl methyl sites for hydroxylation is 1. The second-order valence-electron chi connectivity index (χ2n) is 3.06. The Balaban J connectivity index is 2.49. The third-order valence-corrected chi connectivity index (χ3v) is 1.95. The van der Waals surface area contributed by atoms with Crippen molar-refractivity contribution in [3.05, 3.63) is 35.6 Å². The summed E-state index contributed by atoms with van der Waals surface area (Å²) in [4.78, 5) is 4.49. The minimum Gasteiger partial charge on any atom is -0.459 e. The van der Waals surface area contributed by atoms with E-state index in [9.17, 15) is 0 Å². The van der Waals surface area contributed by atoms with Crippen LogP contribution >= 0.6 is 0 Å². The predicted octanol–water partition coefficient (Wildman–Crippen LogP) is 2.13. The second-order valence-corrected chi connectivity index (χ2v) is 3.06.